The van der Waals surface area contributed by atoms with Crippen molar-refractivity contribution in [1.29, 1.82) is 0 Å². The summed E-state index contributed by atoms with van der Waals surface area (Å²) in [6.45, 7) is -0.152. The summed E-state index contributed by atoms with van der Waals surface area (Å²) in [5.41, 5.74) is -0.199. The number of carboxylic acid groups (broad SMARTS) is 1. The van der Waals surface area contributed by atoms with Gasteiger partial charge in [-0.05, 0) is 32.9 Å². The Morgan fingerprint density at radius 3 is 2.88 bits per heavy atom. The van der Waals surface area contributed by atoms with Crippen LogP contribution in [0, 0.1) is 0 Å². The van der Waals surface area contributed by atoms with Crippen LogP contribution in [0.1, 0.15) is 10.5 Å². The number of ether oxygens (including phenoxy) is 1. The molecule has 1 aromatic carbocycles. The minimum atomic E-state index is -4.83. The average molecular weight is 371 g/mol. The van der Waals surface area contributed by atoms with Gasteiger partial charge in [-0.3, -0.25) is 0 Å². The summed E-state index contributed by atoms with van der Waals surface area (Å²) in [5.74, 6) is -1.85. The number of hydrogen-bond acceptors (Lipinski definition) is 9. The number of nitrogens with zero attached hydrogens (tertiary/aromatic N) is 6. The van der Waals surface area contributed by atoms with Crippen LogP contribution < -0.4 is 10.1 Å². The third-order valence-electron chi connectivity index (χ3n) is 2.95. The molecule has 0 aliphatic rings. The smallest absolute Gasteiger partial charge is 0.476 e. The molecule has 0 unspecified atom stereocenters. The van der Waals surface area contributed by atoms with Crippen molar-refractivity contribution in [1.82, 2.24) is 30.5 Å². The molecule has 0 bridgehead atoms. The summed E-state index contributed by atoms with van der Waals surface area (Å²) < 4.78 is 46.3. The Balaban J connectivity index is 1.79. The van der Waals surface area contributed by atoms with E-state index in [1.807, 2.05) is 0 Å². The molecule has 26 heavy (non-hydrogen) atoms. The van der Waals surface area contributed by atoms with Gasteiger partial charge in [-0.1, -0.05) is 12.1 Å². The number of hydrogen-bond donors (Lipinski definition) is 2. The molecule has 0 atom stereocenters. The van der Waals surface area contributed by atoms with E-state index in [2.05, 4.69) is 40.5 Å². The molecule has 2 aromatic heterocycles. The lowest BCUT2D eigenvalue weighted by Crippen LogP contribution is -2.17. The second-order valence-electron chi connectivity index (χ2n) is 4.68. The summed E-state index contributed by atoms with van der Waals surface area (Å²) in [6, 6.07) is 5.05. The van der Waals surface area contributed by atoms with Gasteiger partial charge in [-0.25, -0.2) is 14.1 Å². The van der Waals surface area contributed by atoms with E-state index in [-0.39, 0.29) is 23.9 Å². The Morgan fingerprint density at radius 2 is 2.15 bits per heavy atom. The van der Waals surface area contributed by atoms with Gasteiger partial charge < -0.3 is 15.2 Å². The fraction of sp³-hybridized carbons (Fsp3) is 0.167. The third-order valence-corrected chi connectivity index (χ3v) is 2.95. The zero-order valence-corrected chi connectivity index (χ0v) is 12.5. The van der Waals surface area contributed by atoms with Gasteiger partial charge in [0, 0.05) is 5.56 Å². The Labute approximate surface area is 141 Å². The molecule has 14 heteroatoms. The molecule has 11 nitrogen and oxygen atoms in total. The maximum absolute atomic E-state index is 12.3. The van der Waals surface area contributed by atoms with E-state index in [1.54, 1.807) is 0 Å². The van der Waals surface area contributed by atoms with Crippen molar-refractivity contribution in [3.05, 3.63) is 30.0 Å². The standard InChI is InChI=1S/C12H8F3N7O4/c13-12(14,15)25-7-3-1-2-6(4-7)10-17-20-21-22(10)5-16-9-8(11(23)24)18-26-19-9/h1-4H,5H2,(H,16,19)(H,23,24). The first-order valence-corrected chi connectivity index (χ1v) is 6.75. The molecular weight excluding hydrogens is 363 g/mol. The predicted molar refractivity (Wildman–Crippen MR) is 74.8 cm³/mol. The first-order chi connectivity index (χ1) is 12.3. The van der Waals surface area contributed by atoms with Crippen LogP contribution in [0.4, 0.5) is 19.0 Å². The van der Waals surface area contributed by atoms with E-state index in [0.29, 0.717) is 0 Å². The topological polar surface area (TPSA) is 141 Å². The normalized spacial score (nSPS) is 11.3. The van der Waals surface area contributed by atoms with Gasteiger partial charge in [0.25, 0.3) is 0 Å². The van der Waals surface area contributed by atoms with Crippen LogP contribution in [0.25, 0.3) is 11.4 Å². The maximum atomic E-state index is 12.3. The number of anilines is 1. The summed E-state index contributed by atoms with van der Waals surface area (Å²) in [7, 11) is 0. The number of aromatic nitrogens is 6. The minimum absolute atomic E-state index is 0.110. The number of aromatic carboxylic acids is 1. The van der Waals surface area contributed by atoms with Crippen molar-refractivity contribution in [3.63, 3.8) is 0 Å². The molecular formula is C12H8F3N7O4. The molecule has 136 valence electrons. The second-order valence-corrected chi connectivity index (χ2v) is 4.68. The second kappa shape index (κ2) is 6.66. The number of tetrazole rings is 1. The molecule has 0 fully saturated rings. The Kier molecular flexibility index (Phi) is 4.38. The molecule has 0 aliphatic carbocycles. The van der Waals surface area contributed by atoms with E-state index >= 15 is 0 Å². The van der Waals surface area contributed by atoms with Gasteiger partial charge in [0.2, 0.25) is 11.5 Å². The number of halogens is 3. The van der Waals surface area contributed by atoms with Crippen molar-refractivity contribution in [2.45, 2.75) is 13.0 Å². The molecule has 0 amide bonds. The lowest BCUT2D eigenvalue weighted by molar-refractivity contribution is -0.274. The predicted octanol–water partition coefficient (Wildman–Crippen LogP) is 1.39. The van der Waals surface area contributed by atoms with Gasteiger partial charge in [0.15, 0.2) is 5.82 Å². The van der Waals surface area contributed by atoms with Gasteiger partial charge in [-0.2, -0.15) is 0 Å². The lowest BCUT2D eigenvalue weighted by atomic mass is 10.2. The summed E-state index contributed by atoms with van der Waals surface area (Å²) in [5, 5.41) is 29.0. The van der Waals surface area contributed by atoms with E-state index in [9.17, 15) is 18.0 Å². The number of benzene rings is 1. The van der Waals surface area contributed by atoms with Crippen LogP contribution in [-0.4, -0.2) is 48.0 Å². The molecule has 0 saturated heterocycles. The molecule has 2 heterocycles. The van der Waals surface area contributed by atoms with Gasteiger partial charge in [0.1, 0.15) is 12.4 Å². The zero-order chi connectivity index (χ0) is 18.7. The Morgan fingerprint density at radius 1 is 1.35 bits per heavy atom. The van der Waals surface area contributed by atoms with E-state index < -0.39 is 23.8 Å². The van der Waals surface area contributed by atoms with Crippen LogP contribution in [0.15, 0.2) is 28.9 Å². The number of alkyl halides is 3. The van der Waals surface area contributed by atoms with Crippen LogP contribution in [0.2, 0.25) is 0 Å². The van der Waals surface area contributed by atoms with Crippen molar-refractivity contribution in [2.75, 3.05) is 5.32 Å². The fourth-order valence-electron chi connectivity index (χ4n) is 1.94. The van der Waals surface area contributed by atoms with Crippen molar-refractivity contribution < 1.29 is 32.4 Å². The highest BCUT2D eigenvalue weighted by atomic mass is 19.4. The third kappa shape index (κ3) is 3.85. The SMILES string of the molecule is O=C(O)c1nonc1NCn1nnnc1-c1cccc(OC(F)(F)F)c1. The highest BCUT2D eigenvalue weighted by molar-refractivity contribution is 5.90. The Hall–Kier alpha value is -3.71. The molecule has 2 N–H and O–H groups in total. The molecule has 3 aromatic rings. The van der Waals surface area contributed by atoms with E-state index in [1.165, 1.54) is 16.8 Å². The maximum Gasteiger partial charge on any atom is 0.573 e. The van der Waals surface area contributed by atoms with E-state index in [0.717, 1.165) is 12.1 Å². The van der Waals surface area contributed by atoms with Gasteiger partial charge in [0.05, 0.1) is 0 Å². The van der Waals surface area contributed by atoms with Gasteiger partial charge in [-0.15, -0.1) is 18.3 Å². The van der Waals surface area contributed by atoms with Crippen LogP contribution in [-0.2, 0) is 6.67 Å². The fourth-order valence-corrected chi connectivity index (χ4v) is 1.94. The van der Waals surface area contributed by atoms with Crippen LogP contribution >= 0.6 is 0 Å². The number of carboxylic acids is 1. The minimum Gasteiger partial charge on any atom is -0.476 e. The van der Waals surface area contributed by atoms with Gasteiger partial charge >= 0.3 is 12.3 Å². The zero-order valence-electron chi connectivity index (χ0n) is 12.5. The summed E-state index contributed by atoms with van der Waals surface area (Å²) >= 11 is 0. The quantitative estimate of drug-likeness (QED) is 0.653. The molecule has 0 radical (unpaired) electrons. The average Bonchev–Trinajstić information content (AvgIpc) is 3.20. The number of rotatable bonds is 6. The molecule has 3 rings (SSSR count). The number of nitrogens with one attached hydrogen (secondary N) is 1. The van der Waals surface area contributed by atoms with Crippen molar-refractivity contribution in [3.8, 4) is 17.1 Å². The van der Waals surface area contributed by atoms with Crippen LogP contribution in [0.3, 0.4) is 0 Å². The Bertz CT molecular complexity index is 923. The summed E-state index contributed by atoms with van der Waals surface area (Å²) in [4.78, 5) is 10.9. The monoisotopic (exact) mass is 371 g/mol. The number of carbonyl (C=O) groups is 1. The van der Waals surface area contributed by atoms with E-state index in [4.69, 9.17) is 5.11 Å². The lowest BCUT2D eigenvalue weighted by Gasteiger charge is -2.10. The van der Waals surface area contributed by atoms with Crippen molar-refractivity contribution >= 4 is 11.8 Å². The first kappa shape index (κ1) is 17.1. The largest absolute Gasteiger partial charge is 0.573 e. The molecule has 0 saturated carbocycles. The molecule has 0 aliphatic heterocycles. The highest BCUT2D eigenvalue weighted by Gasteiger charge is 2.31. The highest BCUT2D eigenvalue weighted by Crippen LogP contribution is 2.26. The summed E-state index contributed by atoms with van der Waals surface area (Å²) in [6.07, 6.45) is -4.83. The van der Waals surface area contributed by atoms with Crippen LogP contribution in [0.5, 0.6) is 5.75 Å². The first-order valence-electron chi connectivity index (χ1n) is 6.75. The molecule has 0 spiro atoms. The van der Waals surface area contributed by atoms with Crippen molar-refractivity contribution in [2.24, 2.45) is 0 Å².